The second kappa shape index (κ2) is 8.69. The third-order valence-corrected chi connectivity index (χ3v) is 6.37. The van der Waals surface area contributed by atoms with E-state index in [0.29, 0.717) is 40.5 Å². The van der Waals surface area contributed by atoms with Crippen LogP contribution in [0.2, 0.25) is 0 Å². The molecule has 0 spiro atoms. The molecule has 0 fully saturated rings. The van der Waals surface area contributed by atoms with Crippen molar-refractivity contribution < 1.29 is 35.9 Å². The van der Waals surface area contributed by atoms with Gasteiger partial charge in [-0.2, -0.15) is 26.3 Å². The highest BCUT2D eigenvalue weighted by Gasteiger charge is 2.71. The Morgan fingerprint density at radius 1 is 0.917 bits per heavy atom. The van der Waals surface area contributed by atoms with Crippen LogP contribution in [0.15, 0.2) is 52.9 Å². The monoisotopic (exact) mass is 510 g/mol. The summed E-state index contributed by atoms with van der Waals surface area (Å²) in [6, 6.07) is 11.8. The fourth-order valence-corrected chi connectivity index (χ4v) is 4.19. The molecular formula is C26H24F6N2O2. The largest absolute Gasteiger partial charge is 0.441 e. The zero-order valence-electron chi connectivity index (χ0n) is 19.9. The Hall–Kier alpha value is -3.27. The molecule has 0 unspecified atom stereocenters. The standard InChI is InChI=1S/C26H24F6N2O2/c1-14(2)17-5-7-18(8-6-17)23-33-21(16(4)36-23)13-34-15(3)11-19-12-20(9-10-22(19)34)24(35,25(27,28)29)26(30,31)32/h5-12,14,35H,13H2,1-4H3. The van der Waals surface area contributed by atoms with Crippen LogP contribution in [-0.2, 0) is 12.1 Å². The predicted molar refractivity (Wildman–Crippen MR) is 123 cm³/mol. The summed E-state index contributed by atoms with van der Waals surface area (Å²) in [6.45, 7) is 7.78. The number of aromatic nitrogens is 2. The minimum atomic E-state index is -5.95. The van der Waals surface area contributed by atoms with Gasteiger partial charge in [-0.1, -0.05) is 32.0 Å². The van der Waals surface area contributed by atoms with Crippen molar-refractivity contribution in [1.29, 1.82) is 0 Å². The normalized spacial score (nSPS) is 13.2. The number of fused-ring (bicyclic) bond motifs is 1. The molecule has 4 aromatic rings. The SMILES string of the molecule is Cc1oc(-c2ccc(C(C)C)cc2)nc1Cn1c(C)cc2cc(C(O)(C(F)(F)F)C(F)(F)F)ccc21. The molecule has 0 atom stereocenters. The van der Waals surface area contributed by atoms with Gasteiger partial charge in [-0.3, -0.25) is 0 Å². The van der Waals surface area contributed by atoms with Crippen molar-refractivity contribution in [1.82, 2.24) is 9.55 Å². The van der Waals surface area contributed by atoms with E-state index in [1.165, 1.54) is 11.6 Å². The van der Waals surface area contributed by atoms with Crippen LogP contribution >= 0.6 is 0 Å². The van der Waals surface area contributed by atoms with Crippen LogP contribution in [0.3, 0.4) is 0 Å². The molecule has 0 saturated heterocycles. The Labute approximate surface area is 203 Å². The lowest BCUT2D eigenvalue weighted by molar-refractivity contribution is -0.376. The summed E-state index contributed by atoms with van der Waals surface area (Å²) >= 11 is 0. The highest BCUT2D eigenvalue weighted by Crippen LogP contribution is 2.50. The molecule has 4 rings (SSSR count). The number of hydrogen-bond donors (Lipinski definition) is 1. The number of oxazole rings is 1. The van der Waals surface area contributed by atoms with Crippen molar-refractivity contribution in [3.63, 3.8) is 0 Å². The highest BCUT2D eigenvalue weighted by molar-refractivity contribution is 5.82. The zero-order valence-corrected chi connectivity index (χ0v) is 19.9. The highest BCUT2D eigenvalue weighted by atomic mass is 19.4. The fraction of sp³-hybridized carbons (Fsp3) is 0.346. The quantitative estimate of drug-likeness (QED) is 0.285. The van der Waals surface area contributed by atoms with E-state index in [0.717, 1.165) is 17.7 Å². The summed E-state index contributed by atoms with van der Waals surface area (Å²) in [6.07, 6.45) is -11.9. The average Bonchev–Trinajstić information content (AvgIpc) is 3.30. The van der Waals surface area contributed by atoms with Gasteiger partial charge in [0.15, 0.2) is 0 Å². The van der Waals surface area contributed by atoms with Crippen molar-refractivity contribution in [3.05, 3.63) is 76.8 Å². The molecule has 0 aliphatic carbocycles. The smallest absolute Gasteiger partial charge is 0.430 e. The Bertz CT molecular complexity index is 1380. The number of rotatable bonds is 5. The first-order valence-corrected chi connectivity index (χ1v) is 11.2. The van der Waals surface area contributed by atoms with E-state index in [4.69, 9.17) is 4.42 Å². The van der Waals surface area contributed by atoms with Crippen LogP contribution in [-0.4, -0.2) is 27.0 Å². The van der Waals surface area contributed by atoms with E-state index in [1.54, 1.807) is 18.4 Å². The summed E-state index contributed by atoms with van der Waals surface area (Å²) < 4.78 is 87.4. The Morgan fingerprint density at radius 3 is 2.08 bits per heavy atom. The third-order valence-electron chi connectivity index (χ3n) is 6.37. The predicted octanol–water partition coefficient (Wildman–Crippen LogP) is 7.40. The molecule has 1 N–H and O–H groups in total. The van der Waals surface area contributed by atoms with Crippen molar-refractivity contribution in [2.24, 2.45) is 0 Å². The van der Waals surface area contributed by atoms with Gasteiger partial charge in [-0.15, -0.1) is 0 Å². The second-order valence-corrected chi connectivity index (χ2v) is 9.15. The molecule has 4 nitrogen and oxygen atoms in total. The minimum absolute atomic E-state index is 0.127. The van der Waals surface area contributed by atoms with Gasteiger partial charge >= 0.3 is 12.4 Å². The topological polar surface area (TPSA) is 51.2 Å². The Kier molecular flexibility index (Phi) is 6.23. The maximum Gasteiger partial charge on any atom is 0.430 e. The first-order chi connectivity index (χ1) is 16.6. The molecule has 0 aliphatic rings. The number of nitrogens with zero attached hydrogens (tertiary/aromatic N) is 2. The molecule has 0 amide bonds. The van der Waals surface area contributed by atoms with Crippen LogP contribution in [0.5, 0.6) is 0 Å². The maximum absolute atomic E-state index is 13.3. The van der Waals surface area contributed by atoms with Crippen LogP contribution < -0.4 is 0 Å². The van der Waals surface area contributed by atoms with Gasteiger partial charge in [-0.25, -0.2) is 4.98 Å². The van der Waals surface area contributed by atoms with Gasteiger partial charge in [0.2, 0.25) is 5.89 Å². The van der Waals surface area contributed by atoms with Gasteiger partial charge in [0, 0.05) is 27.7 Å². The lowest BCUT2D eigenvalue weighted by atomic mass is 9.91. The first kappa shape index (κ1) is 25.8. The van der Waals surface area contributed by atoms with Crippen LogP contribution in [0, 0.1) is 13.8 Å². The molecule has 192 valence electrons. The molecule has 36 heavy (non-hydrogen) atoms. The van der Waals surface area contributed by atoms with Crippen molar-refractivity contribution >= 4 is 10.9 Å². The molecule has 2 aromatic carbocycles. The van der Waals surface area contributed by atoms with Gasteiger partial charge in [0.05, 0.1) is 6.54 Å². The zero-order chi connectivity index (χ0) is 26.6. The molecule has 0 bridgehead atoms. The molecule has 0 saturated carbocycles. The third kappa shape index (κ3) is 4.27. The first-order valence-electron chi connectivity index (χ1n) is 11.2. The Morgan fingerprint density at radius 2 is 1.53 bits per heavy atom. The lowest BCUT2D eigenvalue weighted by Gasteiger charge is -2.32. The number of alkyl halides is 6. The molecule has 2 aromatic heterocycles. The molecule has 10 heteroatoms. The summed E-state index contributed by atoms with van der Waals surface area (Å²) in [5.41, 5.74) is -2.76. The molecule has 0 radical (unpaired) electrons. The lowest BCUT2D eigenvalue weighted by Crippen LogP contribution is -2.53. The molecule has 2 heterocycles. The molecule has 0 aliphatic heterocycles. The van der Waals surface area contributed by atoms with Gasteiger partial charge in [0.1, 0.15) is 11.5 Å². The maximum atomic E-state index is 13.3. The average molecular weight is 510 g/mol. The van der Waals surface area contributed by atoms with Crippen molar-refractivity contribution in [3.8, 4) is 11.5 Å². The van der Waals surface area contributed by atoms with Gasteiger partial charge in [-0.05, 0) is 55.7 Å². The van der Waals surface area contributed by atoms with Crippen LogP contribution in [0.1, 0.15) is 48.0 Å². The second-order valence-electron chi connectivity index (χ2n) is 9.15. The van der Waals surface area contributed by atoms with Crippen molar-refractivity contribution in [2.45, 2.75) is 58.1 Å². The number of aryl methyl sites for hydroxylation is 2. The molecular weight excluding hydrogens is 486 g/mol. The van der Waals surface area contributed by atoms with Crippen molar-refractivity contribution in [2.75, 3.05) is 0 Å². The summed E-state index contributed by atoms with van der Waals surface area (Å²) in [5.74, 6) is 1.32. The van der Waals surface area contributed by atoms with Gasteiger partial charge < -0.3 is 14.1 Å². The number of hydrogen-bond acceptors (Lipinski definition) is 3. The van der Waals surface area contributed by atoms with E-state index >= 15 is 0 Å². The summed E-state index contributed by atoms with van der Waals surface area (Å²) in [7, 11) is 0. The van der Waals surface area contributed by atoms with E-state index in [2.05, 4.69) is 18.8 Å². The van der Waals surface area contributed by atoms with Crippen LogP contribution in [0.4, 0.5) is 26.3 Å². The number of benzene rings is 2. The minimum Gasteiger partial charge on any atom is -0.441 e. The van der Waals surface area contributed by atoms with E-state index in [-0.39, 0.29) is 11.9 Å². The van der Waals surface area contributed by atoms with Gasteiger partial charge in [0.25, 0.3) is 5.60 Å². The van der Waals surface area contributed by atoms with Crippen LogP contribution in [0.25, 0.3) is 22.4 Å². The fourth-order valence-electron chi connectivity index (χ4n) is 4.19. The summed E-state index contributed by atoms with van der Waals surface area (Å²) in [5, 5.41) is 9.87. The Balaban J connectivity index is 1.70. The number of halogens is 6. The summed E-state index contributed by atoms with van der Waals surface area (Å²) in [4.78, 5) is 4.57. The van der Waals surface area contributed by atoms with E-state index < -0.39 is 23.5 Å². The van der Waals surface area contributed by atoms with E-state index in [9.17, 15) is 31.4 Å². The van der Waals surface area contributed by atoms with E-state index in [1.807, 2.05) is 24.3 Å². The number of aliphatic hydroxyl groups is 1.